The number of ether oxygens (including phenoxy) is 1. The van der Waals surface area contributed by atoms with Crippen LogP contribution in [-0.2, 0) is 16.1 Å². The van der Waals surface area contributed by atoms with Crippen LogP contribution in [-0.4, -0.2) is 16.4 Å². The number of halogens is 1. The second-order valence-electron chi connectivity index (χ2n) is 4.70. The molecule has 0 aliphatic heterocycles. The summed E-state index contributed by atoms with van der Waals surface area (Å²) in [5.74, 6) is -0.824. The fourth-order valence-electron chi connectivity index (χ4n) is 2.23. The molecule has 6 heteroatoms. The predicted octanol–water partition coefficient (Wildman–Crippen LogP) is 2.69. The van der Waals surface area contributed by atoms with Gasteiger partial charge >= 0.3 is 5.97 Å². The summed E-state index contributed by atoms with van der Waals surface area (Å²) in [5, 5.41) is 1.09. The summed E-state index contributed by atoms with van der Waals surface area (Å²) in [6.07, 6.45) is 0. The van der Waals surface area contributed by atoms with Crippen molar-refractivity contribution in [1.82, 2.24) is 4.57 Å². The van der Waals surface area contributed by atoms with Crippen molar-refractivity contribution >= 4 is 34.4 Å². The zero-order chi connectivity index (χ0) is 15.7. The average molecular weight is 308 g/mol. The Hall–Kier alpha value is -2.14. The summed E-state index contributed by atoms with van der Waals surface area (Å²) in [6.45, 7) is 4.18. The monoisotopic (exact) mass is 307 g/mol. The first-order valence-electron chi connectivity index (χ1n) is 6.31. The van der Waals surface area contributed by atoms with Crippen molar-refractivity contribution in [2.75, 3.05) is 0 Å². The van der Waals surface area contributed by atoms with Crippen molar-refractivity contribution in [2.45, 2.75) is 27.4 Å². The summed E-state index contributed by atoms with van der Waals surface area (Å²) in [4.78, 5) is 35.1. The molecular weight excluding hydrogens is 294 g/mol. The molecule has 110 valence electrons. The van der Waals surface area contributed by atoms with Crippen LogP contribution in [0.2, 0.25) is 5.02 Å². The first kappa shape index (κ1) is 15.3. The van der Waals surface area contributed by atoms with Crippen LogP contribution >= 0.6 is 11.6 Å². The van der Waals surface area contributed by atoms with E-state index in [4.69, 9.17) is 16.3 Å². The summed E-state index contributed by atoms with van der Waals surface area (Å²) in [7, 11) is 0. The van der Waals surface area contributed by atoms with Crippen LogP contribution in [0.1, 0.15) is 29.8 Å². The molecule has 0 fully saturated rings. The minimum Gasteiger partial charge on any atom is -0.461 e. The number of fused-ring (bicyclic) bond motifs is 1. The smallest absolute Gasteiger partial charge is 0.302 e. The second kappa shape index (κ2) is 5.69. The maximum absolute atomic E-state index is 12.3. The van der Waals surface area contributed by atoms with Crippen molar-refractivity contribution in [3.05, 3.63) is 44.7 Å². The van der Waals surface area contributed by atoms with Gasteiger partial charge in [0.2, 0.25) is 5.91 Å². The topological polar surface area (TPSA) is 65.4 Å². The lowest BCUT2D eigenvalue weighted by Crippen LogP contribution is -2.28. The van der Waals surface area contributed by atoms with Gasteiger partial charge in [-0.1, -0.05) is 11.6 Å². The third-order valence-corrected chi connectivity index (χ3v) is 3.47. The average Bonchev–Trinajstić information content (AvgIpc) is 2.39. The lowest BCUT2D eigenvalue weighted by Gasteiger charge is -2.14. The van der Waals surface area contributed by atoms with Gasteiger partial charge in [-0.3, -0.25) is 14.4 Å². The molecule has 0 aliphatic carbocycles. The van der Waals surface area contributed by atoms with Crippen LogP contribution in [0.4, 0.5) is 0 Å². The molecule has 0 bridgehead atoms. The number of hydrogen-bond acceptors (Lipinski definition) is 4. The second-order valence-corrected chi connectivity index (χ2v) is 5.14. The molecule has 0 saturated heterocycles. The molecule has 21 heavy (non-hydrogen) atoms. The molecule has 0 aliphatic rings. The molecule has 0 spiro atoms. The lowest BCUT2D eigenvalue weighted by molar-refractivity contribution is -0.142. The van der Waals surface area contributed by atoms with Gasteiger partial charge in [0.1, 0.15) is 6.61 Å². The van der Waals surface area contributed by atoms with Crippen molar-refractivity contribution < 1.29 is 14.3 Å². The molecule has 5 nitrogen and oxygen atoms in total. The lowest BCUT2D eigenvalue weighted by atomic mass is 10.0. The third-order valence-electron chi connectivity index (χ3n) is 3.24. The Morgan fingerprint density at radius 3 is 2.52 bits per heavy atom. The van der Waals surface area contributed by atoms with Crippen molar-refractivity contribution in [3.63, 3.8) is 0 Å². The summed E-state index contributed by atoms with van der Waals surface area (Å²) in [6, 6.07) is 4.87. The molecule has 1 heterocycles. The van der Waals surface area contributed by atoms with E-state index in [-0.39, 0.29) is 12.5 Å². The maximum atomic E-state index is 12.3. The molecular formula is C15H14ClNO4. The molecule has 2 rings (SSSR count). The number of benzene rings is 1. The van der Waals surface area contributed by atoms with Crippen LogP contribution in [0, 0.1) is 6.92 Å². The normalized spacial score (nSPS) is 10.7. The SMILES string of the molecule is CC(=O)OCc1c(C)c(=O)n(C(C)=O)c2ccc(Cl)cc12. The van der Waals surface area contributed by atoms with E-state index < -0.39 is 11.5 Å². The van der Waals surface area contributed by atoms with Crippen LogP contribution in [0.3, 0.4) is 0 Å². The van der Waals surface area contributed by atoms with Crippen molar-refractivity contribution in [2.24, 2.45) is 0 Å². The highest BCUT2D eigenvalue weighted by Gasteiger charge is 2.17. The number of carbonyl (C=O) groups is 2. The maximum Gasteiger partial charge on any atom is 0.302 e. The van der Waals surface area contributed by atoms with Crippen LogP contribution < -0.4 is 5.56 Å². The Morgan fingerprint density at radius 1 is 1.29 bits per heavy atom. The van der Waals surface area contributed by atoms with Crippen molar-refractivity contribution in [3.8, 4) is 0 Å². The number of carbonyl (C=O) groups excluding carboxylic acids is 2. The molecule has 1 aromatic carbocycles. The minimum absolute atomic E-state index is 0.0357. The molecule has 0 amide bonds. The molecule has 0 saturated carbocycles. The fraction of sp³-hybridized carbons (Fsp3) is 0.267. The summed E-state index contributed by atoms with van der Waals surface area (Å²) >= 11 is 6.00. The van der Waals surface area contributed by atoms with Gasteiger partial charge in [0.25, 0.3) is 5.56 Å². The molecule has 0 atom stereocenters. The van der Waals surface area contributed by atoms with E-state index in [0.717, 1.165) is 4.57 Å². The van der Waals surface area contributed by atoms with E-state index in [1.807, 2.05) is 0 Å². The van der Waals surface area contributed by atoms with E-state index >= 15 is 0 Å². The molecule has 0 unspecified atom stereocenters. The molecule has 2 aromatic rings. The van der Waals surface area contributed by atoms with Gasteiger partial charge in [-0.25, -0.2) is 4.57 Å². The van der Waals surface area contributed by atoms with Crippen LogP contribution in [0.5, 0.6) is 0 Å². The number of esters is 1. The number of nitrogens with zero attached hydrogens (tertiary/aromatic N) is 1. The number of hydrogen-bond donors (Lipinski definition) is 0. The van der Waals surface area contributed by atoms with Gasteiger partial charge in [0.15, 0.2) is 0 Å². The Kier molecular flexibility index (Phi) is 4.14. The Bertz CT molecular complexity index is 807. The highest BCUT2D eigenvalue weighted by Crippen LogP contribution is 2.24. The summed E-state index contributed by atoms with van der Waals surface area (Å²) in [5.41, 5.74) is 0.954. The third kappa shape index (κ3) is 2.83. The Morgan fingerprint density at radius 2 is 1.95 bits per heavy atom. The first-order valence-corrected chi connectivity index (χ1v) is 6.68. The predicted molar refractivity (Wildman–Crippen MR) is 79.7 cm³/mol. The zero-order valence-electron chi connectivity index (χ0n) is 11.9. The van der Waals surface area contributed by atoms with Crippen LogP contribution in [0.25, 0.3) is 10.9 Å². The largest absolute Gasteiger partial charge is 0.461 e. The van der Waals surface area contributed by atoms with E-state index in [1.54, 1.807) is 25.1 Å². The summed E-state index contributed by atoms with van der Waals surface area (Å²) < 4.78 is 6.09. The highest BCUT2D eigenvalue weighted by atomic mass is 35.5. The van der Waals surface area contributed by atoms with Gasteiger partial charge < -0.3 is 4.74 Å². The van der Waals surface area contributed by atoms with Gasteiger partial charge in [0.05, 0.1) is 5.52 Å². The Balaban J connectivity index is 2.85. The zero-order valence-corrected chi connectivity index (χ0v) is 12.7. The molecule has 1 aromatic heterocycles. The standard InChI is InChI=1S/C15H14ClNO4/c1-8-13(7-21-10(3)19)12-6-11(16)4-5-14(12)17(9(2)18)15(8)20/h4-6H,7H2,1-3H3. The fourth-order valence-corrected chi connectivity index (χ4v) is 2.40. The first-order chi connectivity index (χ1) is 9.82. The van der Waals surface area contributed by atoms with E-state index in [0.29, 0.717) is 27.1 Å². The van der Waals surface area contributed by atoms with Crippen molar-refractivity contribution in [1.29, 1.82) is 0 Å². The quantitative estimate of drug-likeness (QED) is 0.800. The van der Waals surface area contributed by atoms with Gasteiger partial charge in [-0.15, -0.1) is 0 Å². The van der Waals surface area contributed by atoms with E-state index in [1.165, 1.54) is 13.8 Å². The van der Waals surface area contributed by atoms with Crippen LogP contribution in [0.15, 0.2) is 23.0 Å². The van der Waals surface area contributed by atoms with Gasteiger partial charge in [-0.05, 0) is 25.1 Å². The highest BCUT2D eigenvalue weighted by molar-refractivity contribution is 6.31. The number of rotatable bonds is 2. The number of pyridine rings is 1. The van der Waals surface area contributed by atoms with Gasteiger partial charge in [-0.2, -0.15) is 0 Å². The van der Waals surface area contributed by atoms with Gasteiger partial charge in [0, 0.05) is 35.4 Å². The molecule has 0 radical (unpaired) electrons. The van der Waals surface area contributed by atoms with E-state index in [9.17, 15) is 14.4 Å². The van der Waals surface area contributed by atoms with E-state index in [2.05, 4.69) is 0 Å². The molecule has 0 N–H and O–H groups in total. The Labute approximate surface area is 126 Å². The minimum atomic E-state index is -0.444. The number of aromatic nitrogens is 1.